The average molecular weight is 322 g/mol. The topological polar surface area (TPSA) is 71.2 Å². The van der Waals surface area contributed by atoms with Gasteiger partial charge in [0.15, 0.2) is 5.82 Å². The van der Waals surface area contributed by atoms with Crippen LogP contribution in [0.2, 0.25) is 0 Å². The number of carbonyl (C=O) groups is 1. The lowest BCUT2D eigenvalue weighted by Gasteiger charge is -2.09. The van der Waals surface area contributed by atoms with Crippen LogP contribution in [-0.2, 0) is 0 Å². The second-order valence-corrected chi connectivity index (χ2v) is 5.15. The van der Waals surface area contributed by atoms with Crippen molar-refractivity contribution in [2.75, 3.05) is 5.73 Å². The first-order chi connectivity index (χ1) is 10.5. The molecule has 1 atom stereocenters. The third kappa shape index (κ3) is 2.21. The summed E-state index contributed by atoms with van der Waals surface area (Å²) in [6.07, 6.45) is 6.09. The number of ketones is 1. The Morgan fingerprint density at radius 3 is 2.91 bits per heavy atom. The van der Waals surface area contributed by atoms with Gasteiger partial charge in [-0.2, -0.15) is 0 Å². The molecule has 0 radical (unpaired) electrons. The first-order valence-electron chi connectivity index (χ1n) is 6.35. The van der Waals surface area contributed by atoms with Gasteiger partial charge in [0.2, 0.25) is 5.78 Å². The number of nitrogens with zero attached hydrogens (tertiary/aromatic N) is 1. The van der Waals surface area contributed by atoms with Crippen LogP contribution in [0.4, 0.5) is 20.3 Å². The first kappa shape index (κ1) is 14.5. The number of carbonyl (C=O) groups excluding carboxylic acids is 1. The predicted octanol–water partition coefficient (Wildman–Crippen LogP) is 3.66. The SMILES string of the molecule is Nc1ccc(F)c(C(=O)c2c[nH]c3c2C(Cl)C=CC=N3)c1F. The van der Waals surface area contributed by atoms with E-state index >= 15 is 0 Å². The molecule has 112 valence electrons. The van der Waals surface area contributed by atoms with Gasteiger partial charge in [-0.25, -0.2) is 13.8 Å². The number of rotatable bonds is 2. The maximum absolute atomic E-state index is 14.0. The highest BCUT2D eigenvalue weighted by Crippen LogP contribution is 2.36. The minimum Gasteiger partial charge on any atom is -0.396 e. The Morgan fingerprint density at radius 1 is 1.36 bits per heavy atom. The molecular weight excluding hydrogens is 312 g/mol. The van der Waals surface area contributed by atoms with Crippen molar-refractivity contribution < 1.29 is 13.6 Å². The van der Waals surface area contributed by atoms with Gasteiger partial charge in [-0.05, 0) is 18.2 Å². The summed E-state index contributed by atoms with van der Waals surface area (Å²) in [5.74, 6) is -2.53. The van der Waals surface area contributed by atoms with Gasteiger partial charge >= 0.3 is 0 Å². The normalized spacial score (nSPS) is 16.4. The summed E-state index contributed by atoms with van der Waals surface area (Å²) < 4.78 is 27.9. The third-order valence-electron chi connectivity index (χ3n) is 3.34. The van der Waals surface area contributed by atoms with E-state index in [2.05, 4.69) is 9.98 Å². The number of nitrogen functional groups attached to an aromatic ring is 1. The number of aromatic nitrogens is 1. The largest absolute Gasteiger partial charge is 0.396 e. The van der Waals surface area contributed by atoms with E-state index in [1.807, 2.05) is 0 Å². The van der Waals surface area contributed by atoms with E-state index < -0.39 is 28.4 Å². The van der Waals surface area contributed by atoms with Crippen molar-refractivity contribution in [3.8, 4) is 0 Å². The molecule has 1 aliphatic rings. The van der Waals surface area contributed by atoms with Gasteiger partial charge in [0.05, 0.1) is 16.6 Å². The quantitative estimate of drug-likeness (QED) is 0.503. The van der Waals surface area contributed by atoms with E-state index in [4.69, 9.17) is 17.3 Å². The molecule has 0 aliphatic carbocycles. The van der Waals surface area contributed by atoms with E-state index in [0.717, 1.165) is 12.1 Å². The lowest BCUT2D eigenvalue weighted by molar-refractivity contribution is 0.103. The van der Waals surface area contributed by atoms with Crippen LogP contribution in [0.25, 0.3) is 0 Å². The number of aliphatic imine (C=N–C) groups is 1. The van der Waals surface area contributed by atoms with Crippen LogP contribution < -0.4 is 5.73 Å². The van der Waals surface area contributed by atoms with Crippen molar-refractivity contribution in [1.29, 1.82) is 0 Å². The van der Waals surface area contributed by atoms with Gasteiger partial charge in [0.1, 0.15) is 11.6 Å². The van der Waals surface area contributed by atoms with Crippen molar-refractivity contribution in [2.45, 2.75) is 5.38 Å². The van der Waals surface area contributed by atoms with Crippen LogP contribution in [0.15, 0.2) is 35.5 Å². The number of alkyl halides is 1. The number of nitrogens with two attached hydrogens (primary N) is 1. The molecule has 2 aromatic rings. The van der Waals surface area contributed by atoms with Crippen LogP contribution in [0.3, 0.4) is 0 Å². The van der Waals surface area contributed by atoms with Gasteiger partial charge in [-0.1, -0.05) is 6.08 Å². The fourth-order valence-corrected chi connectivity index (χ4v) is 2.57. The number of hydrogen-bond donors (Lipinski definition) is 2. The highest BCUT2D eigenvalue weighted by Gasteiger charge is 2.28. The number of anilines is 1. The van der Waals surface area contributed by atoms with Gasteiger partial charge in [-0.15, -0.1) is 11.6 Å². The Balaban J connectivity index is 2.17. The molecule has 0 spiro atoms. The van der Waals surface area contributed by atoms with Crippen LogP contribution in [0, 0.1) is 11.6 Å². The average Bonchev–Trinajstić information content (AvgIpc) is 2.83. The molecule has 0 amide bonds. The Morgan fingerprint density at radius 2 is 2.14 bits per heavy atom. The predicted molar refractivity (Wildman–Crippen MR) is 80.9 cm³/mol. The molecule has 7 heteroatoms. The summed E-state index contributed by atoms with van der Waals surface area (Å²) in [4.78, 5) is 19.4. The minimum absolute atomic E-state index is 0.0575. The molecule has 1 aliphatic heterocycles. The van der Waals surface area contributed by atoms with Crippen molar-refractivity contribution in [2.24, 2.45) is 4.99 Å². The van der Waals surface area contributed by atoms with Crippen molar-refractivity contribution in [3.05, 3.63) is 58.8 Å². The second kappa shape index (κ2) is 5.38. The van der Waals surface area contributed by atoms with E-state index in [-0.39, 0.29) is 11.3 Å². The number of hydrogen-bond acceptors (Lipinski definition) is 3. The molecule has 1 aromatic heterocycles. The van der Waals surface area contributed by atoms with E-state index in [9.17, 15) is 13.6 Å². The molecule has 4 nitrogen and oxygen atoms in total. The second-order valence-electron chi connectivity index (χ2n) is 4.68. The van der Waals surface area contributed by atoms with Crippen LogP contribution in [-0.4, -0.2) is 17.0 Å². The monoisotopic (exact) mass is 321 g/mol. The molecule has 0 bridgehead atoms. The van der Waals surface area contributed by atoms with Crippen LogP contribution in [0.1, 0.15) is 26.9 Å². The third-order valence-corrected chi connectivity index (χ3v) is 3.70. The Labute approximate surface area is 129 Å². The van der Waals surface area contributed by atoms with Gasteiger partial charge in [-0.3, -0.25) is 4.79 Å². The lowest BCUT2D eigenvalue weighted by atomic mass is 9.98. The van der Waals surface area contributed by atoms with Crippen molar-refractivity contribution >= 4 is 35.1 Å². The number of nitrogens with one attached hydrogen (secondary N) is 1. The molecule has 22 heavy (non-hydrogen) atoms. The summed E-state index contributed by atoms with van der Waals surface area (Å²) in [5.41, 5.74) is 4.83. The summed E-state index contributed by atoms with van der Waals surface area (Å²) in [5, 5.41) is -0.644. The zero-order chi connectivity index (χ0) is 15.9. The molecule has 3 rings (SSSR count). The molecule has 0 saturated carbocycles. The fraction of sp³-hybridized carbons (Fsp3) is 0.0667. The number of fused-ring (bicyclic) bond motifs is 1. The molecule has 0 saturated heterocycles. The number of H-pyrrole nitrogens is 1. The van der Waals surface area contributed by atoms with Gasteiger partial charge in [0, 0.05) is 23.5 Å². The minimum atomic E-state index is -1.08. The maximum Gasteiger partial charge on any atom is 0.200 e. The number of benzene rings is 1. The number of aromatic amines is 1. The summed E-state index contributed by atoms with van der Waals surface area (Å²) in [6.45, 7) is 0. The smallest absolute Gasteiger partial charge is 0.200 e. The molecule has 1 unspecified atom stereocenters. The molecular formula is C15H10ClF2N3O. The molecule has 2 heterocycles. The van der Waals surface area contributed by atoms with Crippen molar-refractivity contribution in [1.82, 2.24) is 4.98 Å². The molecule has 3 N–H and O–H groups in total. The summed E-state index contributed by atoms with van der Waals surface area (Å²) >= 11 is 6.19. The Kier molecular flexibility index (Phi) is 3.54. The summed E-state index contributed by atoms with van der Waals surface area (Å²) in [6, 6.07) is 2.02. The number of halogens is 3. The van der Waals surface area contributed by atoms with Gasteiger partial charge in [0.25, 0.3) is 0 Å². The molecule has 1 aromatic carbocycles. The first-order valence-corrected chi connectivity index (χ1v) is 6.78. The van der Waals surface area contributed by atoms with E-state index in [0.29, 0.717) is 11.4 Å². The molecule has 0 fully saturated rings. The standard InChI is InChI=1S/C15H10ClF2N3O/c16-8-2-1-5-20-15-11(8)7(6-21-15)14(22)12-9(17)3-4-10(19)13(12)18/h1-6,8,21H,19H2. The maximum atomic E-state index is 14.0. The zero-order valence-electron chi connectivity index (χ0n) is 11.1. The van der Waals surface area contributed by atoms with Gasteiger partial charge < -0.3 is 10.7 Å². The summed E-state index contributed by atoms with van der Waals surface area (Å²) in [7, 11) is 0. The Bertz CT molecular complexity index is 826. The Hall–Kier alpha value is -2.47. The fourth-order valence-electron chi connectivity index (χ4n) is 2.27. The van der Waals surface area contributed by atoms with Crippen LogP contribution in [0.5, 0.6) is 0 Å². The van der Waals surface area contributed by atoms with Crippen LogP contribution >= 0.6 is 11.6 Å². The van der Waals surface area contributed by atoms with E-state index in [1.165, 1.54) is 12.4 Å². The zero-order valence-corrected chi connectivity index (χ0v) is 11.9. The van der Waals surface area contributed by atoms with E-state index in [1.54, 1.807) is 12.2 Å². The highest BCUT2D eigenvalue weighted by atomic mass is 35.5. The van der Waals surface area contributed by atoms with Crippen molar-refractivity contribution in [3.63, 3.8) is 0 Å². The highest BCUT2D eigenvalue weighted by molar-refractivity contribution is 6.24. The lowest BCUT2D eigenvalue weighted by Crippen LogP contribution is -2.11. The number of allylic oxidation sites excluding steroid dienone is 2.